The third-order valence-corrected chi connectivity index (χ3v) is 11.5. The minimum atomic E-state index is -0.0583. The molecule has 0 spiro atoms. The highest BCUT2D eigenvalue weighted by molar-refractivity contribution is 7.66. The van der Waals surface area contributed by atoms with Crippen LogP contribution in [-0.4, -0.2) is 24.6 Å². The Labute approximate surface area is 189 Å². The largest absolute Gasteiger partial charge is 0.0746 e. The summed E-state index contributed by atoms with van der Waals surface area (Å²) >= 11 is 0. The lowest BCUT2D eigenvalue weighted by Crippen LogP contribution is -2.16. The van der Waals surface area contributed by atoms with Crippen LogP contribution in [0.1, 0.15) is 79.1 Å². The van der Waals surface area contributed by atoms with E-state index in [4.69, 9.17) is 0 Å². The van der Waals surface area contributed by atoms with Gasteiger partial charge in [-0.1, -0.05) is 118 Å². The Hall–Kier alpha value is -0.700. The summed E-state index contributed by atoms with van der Waals surface area (Å²) in [7, 11) is -0.117. The summed E-state index contributed by atoms with van der Waals surface area (Å²) in [5.74, 6) is 0. The van der Waals surface area contributed by atoms with Crippen molar-refractivity contribution in [2.45, 2.75) is 79.1 Å². The van der Waals surface area contributed by atoms with Gasteiger partial charge in [0, 0.05) is 0 Å². The molecule has 0 aliphatic heterocycles. The molecule has 0 amide bonds. The van der Waals surface area contributed by atoms with Gasteiger partial charge in [0.2, 0.25) is 0 Å². The maximum atomic E-state index is 2.46. The van der Waals surface area contributed by atoms with Crippen LogP contribution < -0.4 is 10.6 Å². The molecule has 0 aliphatic rings. The molecule has 0 heterocycles. The van der Waals surface area contributed by atoms with Gasteiger partial charge in [0.1, 0.15) is 0 Å². The van der Waals surface area contributed by atoms with Gasteiger partial charge in [-0.3, -0.25) is 0 Å². The smallest absolute Gasteiger partial charge is 0.0101 e. The summed E-state index contributed by atoms with van der Waals surface area (Å²) < 4.78 is 0. The van der Waals surface area contributed by atoms with Gasteiger partial charge >= 0.3 is 0 Å². The normalized spacial score (nSPS) is 11.5. The van der Waals surface area contributed by atoms with E-state index in [0.717, 1.165) is 0 Å². The first kappa shape index (κ1) is 25.6. The monoisotopic (exact) mass is 442 g/mol. The van der Waals surface area contributed by atoms with Gasteiger partial charge in [-0.15, -0.1) is 0 Å². The third-order valence-electron chi connectivity index (χ3n) is 5.91. The van der Waals surface area contributed by atoms with Gasteiger partial charge in [-0.2, -0.15) is 0 Å². The zero-order chi connectivity index (χ0) is 21.6. The molecule has 2 aromatic carbocycles. The Morgan fingerprint density at radius 1 is 0.467 bits per heavy atom. The number of hydrogen-bond donors (Lipinski definition) is 0. The van der Waals surface area contributed by atoms with Crippen LogP contribution in [0, 0.1) is 0 Å². The molecule has 166 valence electrons. The van der Waals surface area contributed by atoms with Crippen molar-refractivity contribution in [3.63, 3.8) is 0 Å². The van der Waals surface area contributed by atoms with Crippen LogP contribution in [0.15, 0.2) is 48.5 Å². The van der Waals surface area contributed by atoms with Crippen molar-refractivity contribution in [1.29, 1.82) is 0 Å². The summed E-state index contributed by atoms with van der Waals surface area (Å²) in [6, 6.07) is 18.9. The van der Waals surface area contributed by atoms with E-state index in [-0.39, 0.29) is 15.8 Å². The van der Waals surface area contributed by atoms with E-state index in [1.54, 1.807) is 21.7 Å². The number of benzene rings is 2. The van der Waals surface area contributed by atoms with Gasteiger partial charge < -0.3 is 0 Å². The zero-order valence-electron chi connectivity index (χ0n) is 20.0. The average molecular weight is 443 g/mol. The minimum Gasteiger partial charge on any atom is -0.0746 e. The van der Waals surface area contributed by atoms with Crippen molar-refractivity contribution in [2.24, 2.45) is 0 Å². The SMILES string of the molecule is CCCCP(CCCC)c1ccccc1-c1ccccc1P(CCCC)CCCC. The van der Waals surface area contributed by atoms with Crippen LogP contribution in [0.3, 0.4) is 0 Å². The third kappa shape index (κ3) is 7.77. The lowest BCUT2D eigenvalue weighted by atomic mass is 10.1. The van der Waals surface area contributed by atoms with Crippen molar-refractivity contribution < 1.29 is 0 Å². The molecule has 0 aromatic heterocycles. The van der Waals surface area contributed by atoms with E-state index in [9.17, 15) is 0 Å². The number of rotatable bonds is 15. The Morgan fingerprint density at radius 3 is 1.07 bits per heavy atom. The molecule has 2 rings (SSSR count). The molecule has 0 saturated carbocycles. The van der Waals surface area contributed by atoms with Gasteiger partial charge in [0.05, 0.1) is 0 Å². The lowest BCUT2D eigenvalue weighted by Gasteiger charge is -2.25. The molecule has 0 unspecified atom stereocenters. The molecule has 0 bridgehead atoms. The highest BCUT2D eigenvalue weighted by Gasteiger charge is 2.20. The van der Waals surface area contributed by atoms with Crippen LogP contribution in [0.2, 0.25) is 0 Å². The first-order valence-electron chi connectivity index (χ1n) is 12.4. The van der Waals surface area contributed by atoms with Gasteiger partial charge in [0.25, 0.3) is 0 Å². The molecule has 2 aromatic rings. The van der Waals surface area contributed by atoms with Gasteiger partial charge in [-0.25, -0.2) is 0 Å². The molecule has 0 nitrogen and oxygen atoms in total. The summed E-state index contributed by atoms with van der Waals surface area (Å²) in [6.45, 7) is 9.35. The van der Waals surface area contributed by atoms with Crippen molar-refractivity contribution >= 4 is 26.5 Å². The van der Waals surface area contributed by atoms with Gasteiger partial charge in [-0.05, 0) is 72.1 Å². The Bertz CT molecular complexity index is 632. The molecular formula is C28H44P2. The minimum absolute atomic E-state index is 0.0583. The van der Waals surface area contributed by atoms with E-state index in [1.165, 1.54) is 76.0 Å². The predicted molar refractivity (Wildman–Crippen MR) is 144 cm³/mol. The fraction of sp³-hybridized carbons (Fsp3) is 0.571. The van der Waals surface area contributed by atoms with Crippen LogP contribution in [0.5, 0.6) is 0 Å². The molecule has 0 N–H and O–H groups in total. The molecule has 30 heavy (non-hydrogen) atoms. The lowest BCUT2D eigenvalue weighted by molar-refractivity contribution is 0.870. The van der Waals surface area contributed by atoms with Crippen molar-refractivity contribution in [3.8, 4) is 11.1 Å². The first-order valence-corrected chi connectivity index (χ1v) is 15.9. The fourth-order valence-corrected chi connectivity index (χ4v) is 9.92. The Kier molecular flexibility index (Phi) is 12.9. The molecule has 2 heteroatoms. The fourth-order valence-electron chi connectivity index (χ4n) is 4.06. The second kappa shape index (κ2) is 15.2. The molecule has 0 radical (unpaired) electrons. The topological polar surface area (TPSA) is 0 Å². The summed E-state index contributed by atoms with van der Waals surface area (Å²) in [6.07, 6.45) is 16.3. The van der Waals surface area contributed by atoms with Gasteiger partial charge in [0.15, 0.2) is 0 Å². The maximum absolute atomic E-state index is 2.46. The van der Waals surface area contributed by atoms with Crippen molar-refractivity contribution in [3.05, 3.63) is 48.5 Å². The van der Waals surface area contributed by atoms with E-state index >= 15 is 0 Å². The molecule has 0 aliphatic carbocycles. The maximum Gasteiger partial charge on any atom is -0.0101 e. The average Bonchev–Trinajstić information content (AvgIpc) is 2.79. The van der Waals surface area contributed by atoms with Crippen LogP contribution in [-0.2, 0) is 0 Å². The highest BCUT2D eigenvalue weighted by atomic mass is 31.1. The number of hydrogen-bond acceptors (Lipinski definition) is 0. The molecule has 0 fully saturated rings. The molecule has 0 saturated heterocycles. The first-order chi connectivity index (χ1) is 14.8. The van der Waals surface area contributed by atoms with E-state index in [2.05, 4.69) is 76.2 Å². The zero-order valence-corrected chi connectivity index (χ0v) is 21.8. The number of unbranched alkanes of at least 4 members (excludes halogenated alkanes) is 4. The summed E-state index contributed by atoms with van der Waals surface area (Å²) in [4.78, 5) is 0. The summed E-state index contributed by atoms with van der Waals surface area (Å²) in [5.41, 5.74) is 3.10. The second-order valence-corrected chi connectivity index (χ2v) is 13.3. The van der Waals surface area contributed by atoms with Crippen LogP contribution in [0.25, 0.3) is 11.1 Å². The summed E-state index contributed by atoms with van der Waals surface area (Å²) in [5, 5.41) is 3.34. The van der Waals surface area contributed by atoms with E-state index < -0.39 is 0 Å². The van der Waals surface area contributed by atoms with Crippen LogP contribution >= 0.6 is 15.8 Å². The van der Waals surface area contributed by atoms with E-state index in [1.807, 2.05) is 0 Å². The quantitative estimate of drug-likeness (QED) is 0.242. The van der Waals surface area contributed by atoms with Crippen molar-refractivity contribution in [2.75, 3.05) is 24.6 Å². The second-order valence-electron chi connectivity index (χ2n) is 8.42. The van der Waals surface area contributed by atoms with E-state index in [0.29, 0.717) is 0 Å². The van der Waals surface area contributed by atoms with Crippen LogP contribution in [0.4, 0.5) is 0 Å². The van der Waals surface area contributed by atoms with Crippen molar-refractivity contribution in [1.82, 2.24) is 0 Å². The Balaban J connectivity index is 2.46. The molecule has 0 atom stereocenters. The predicted octanol–water partition coefficient (Wildman–Crippen LogP) is 8.77. The molecular weight excluding hydrogens is 398 g/mol. The highest BCUT2D eigenvalue weighted by Crippen LogP contribution is 2.43. The Morgan fingerprint density at radius 2 is 0.767 bits per heavy atom. The standard InChI is InChI=1S/C28H44P2/c1-5-9-21-29(22-10-6-2)27-19-15-13-17-25(27)26-18-14-16-20-28(26)30(23-11-7-3)24-12-8-4/h13-20H,5-12,21-24H2,1-4H3.